The maximum absolute atomic E-state index is 5.54. The minimum absolute atomic E-state index is 0.616. The van der Waals surface area contributed by atoms with Crippen LogP contribution in [0.1, 0.15) is 17.0 Å². The van der Waals surface area contributed by atoms with Gasteiger partial charge in [0.15, 0.2) is 11.5 Å². The molecule has 32 heavy (non-hydrogen) atoms. The number of morpholine rings is 1. The number of rotatable bonds is 6. The highest BCUT2D eigenvalue weighted by Gasteiger charge is 2.20. The molecule has 164 valence electrons. The van der Waals surface area contributed by atoms with E-state index in [4.69, 9.17) is 24.4 Å². The Hall–Kier alpha value is -3.65. The quantitative estimate of drug-likeness (QED) is 0.480. The first-order valence-corrected chi connectivity index (χ1v) is 10.7. The zero-order chi connectivity index (χ0) is 21.9. The van der Waals surface area contributed by atoms with Crippen LogP contribution in [0.5, 0.6) is 5.75 Å². The number of aryl methyl sites for hydroxylation is 1. The lowest BCUT2D eigenvalue weighted by molar-refractivity contribution is 0.122. The second-order valence-corrected chi connectivity index (χ2v) is 7.87. The van der Waals surface area contributed by atoms with Crippen LogP contribution in [0.2, 0.25) is 0 Å². The molecule has 0 aliphatic carbocycles. The van der Waals surface area contributed by atoms with E-state index in [2.05, 4.69) is 34.3 Å². The SMILES string of the molecule is COc1ccc(Cc2nc(N3CCOCC3)c3[nH]c(Nc4cccc(C)c4)nc3n2)cc1. The fourth-order valence-corrected chi connectivity index (χ4v) is 3.85. The third kappa shape index (κ3) is 4.36. The van der Waals surface area contributed by atoms with Crippen LogP contribution in [0.4, 0.5) is 17.5 Å². The predicted octanol–water partition coefficient (Wildman–Crippen LogP) is 3.84. The smallest absolute Gasteiger partial charge is 0.207 e. The highest BCUT2D eigenvalue weighted by atomic mass is 16.5. The van der Waals surface area contributed by atoms with Crippen LogP contribution in [-0.2, 0) is 11.2 Å². The van der Waals surface area contributed by atoms with E-state index in [0.29, 0.717) is 31.2 Å². The van der Waals surface area contributed by atoms with Gasteiger partial charge in [-0.3, -0.25) is 0 Å². The number of methoxy groups -OCH3 is 1. The summed E-state index contributed by atoms with van der Waals surface area (Å²) >= 11 is 0. The van der Waals surface area contributed by atoms with Crippen molar-refractivity contribution in [3.05, 3.63) is 65.5 Å². The van der Waals surface area contributed by atoms with Crippen LogP contribution in [0.15, 0.2) is 48.5 Å². The summed E-state index contributed by atoms with van der Waals surface area (Å²) in [5.74, 6) is 3.08. The van der Waals surface area contributed by atoms with Gasteiger partial charge in [0.05, 0.1) is 20.3 Å². The van der Waals surface area contributed by atoms with Crippen molar-refractivity contribution >= 4 is 28.6 Å². The first-order chi connectivity index (χ1) is 15.7. The number of nitrogens with one attached hydrogen (secondary N) is 2. The van der Waals surface area contributed by atoms with Crippen LogP contribution in [-0.4, -0.2) is 53.3 Å². The highest BCUT2D eigenvalue weighted by molar-refractivity contribution is 5.86. The minimum Gasteiger partial charge on any atom is -0.497 e. The summed E-state index contributed by atoms with van der Waals surface area (Å²) in [6, 6.07) is 16.2. The molecular formula is C24H26N6O2. The van der Waals surface area contributed by atoms with Crippen LogP contribution in [0.3, 0.4) is 0 Å². The van der Waals surface area contributed by atoms with Gasteiger partial charge in [0.1, 0.15) is 17.1 Å². The Morgan fingerprint density at radius 3 is 2.62 bits per heavy atom. The number of anilines is 3. The van der Waals surface area contributed by atoms with E-state index >= 15 is 0 Å². The maximum Gasteiger partial charge on any atom is 0.207 e. The van der Waals surface area contributed by atoms with Gasteiger partial charge in [-0.15, -0.1) is 0 Å². The van der Waals surface area contributed by atoms with E-state index in [1.54, 1.807) is 7.11 Å². The Labute approximate surface area is 186 Å². The van der Waals surface area contributed by atoms with Crippen molar-refractivity contribution in [3.8, 4) is 5.75 Å². The van der Waals surface area contributed by atoms with E-state index in [-0.39, 0.29) is 0 Å². The van der Waals surface area contributed by atoms with Crippen molar-refractivity contribution in [2.45, 2.75) is 13.3 Å². The number of nitrogens with zero attached hydrogens (tertiary/aromatic N) is 4. The molecule has 1 fully saturated rings. The number of hydrogen-bond donors (Lipinski definition) is 2. The number of fused-ring (bicyclic) bond motifs is 1. The summed E-state index contributed by atoms with van der Waals surface area (Å²) in [6.45, 7) is 5.00. The average molecular weight is 431 g/mol. The topological polar surface area (TPSA) is 88.2 Å². The van der Waals surface area contributed by atoms with E-state index in [1.165, 1.54) is 5.56 Å². The van der Waals surface area contributed by atoms with Crippen LogP contribution < -0.4 is 15.0 Å². The van der Waals surface area contributed by atoms with Crippen molar-refractivity contribution in [1.82, 2.24) is 19.9 Å². The molecule has 0 saturated carbocycles. The monoisotopic (exact) mass is 430 g/mol. The van der Waals surface area contributed by atoms with Gasteiger partial charge in [-0.1, -0.05) is 24.3 Å². The van der Waals surface area contributed by atoms with Gasteiger partial charge in [-0.25, -0.2) is 9.97 Å². The van der Waals surface area contributed by atoms with Gasteiger partial charge < -0.3 is 24.7 Å². The fraction of sp³-hybridized carbons (Fsp3) is 0.292. The normalized spacial score (nSPS) is 14.0. The lowest BCUT2D eigenvalue weighted by atomic mass is 10.1. The van der Waals surface area contributed by atoms with Gasteiger partial charge in [-0.2, -0.15) is 4.98 Å². The van der Waals surface area contributed by atoms with Crippen molar-refractivity contribution < 1.29 is 9.47 Å². The molecule has 0 radical (unpaired) electrons. The summed E-state index contributed by atoms with van der Waals surface area (Å²) in [6.07, 6.45) is 0.616. The van der Waals surface area contributed by atoms with Crippen molar-refractivity contribution in [2.75, 3.05) is 43.6 Å². The number of ether oxygens (including phenoxy) is 2. The Morgan fingerprint density at radius 2 is 1.88 bits per heavy atom. The molecule has 1 saturated heterocycles. The first-order valence-electron chi connectivity index (χ1n) is 10.7. The third-order valence-electron chi connectivity index (χ3n) is 5.49. The van der Waals surface area contributed by atoms with Gasteiger partial charge in [0.2, 0.25) is 5.95 Å². The van der Waals surface area contributed by atoms with Crippen molar-refractivity contribution in [1.29, 1.82) is 0 Å². The summed E-state index contributed by atoms with van der Waals surface area (Å²) < 4.78 is 10.8. The Kier molecular flexibility index (Phi) is 5.60. The summed E-state index contributed by atoms with van der Waals surface area (Å²) in [7, 11) is 1.67. The average Bonchev–Trinajstić information content (AvgIpc) is 3.22. The first kappa shape index (κ1) is 20.3. The molecule has 3 heterocycles. The molecule has 0 atom stereocenters. The summed E-state index contributed by atoms with van der Waals surface area (Å²) in [5.41, 5.74) is 4.76. The molecule has 0 unspecified atom stereocenters. The van der Waals surface area contributed by atoms with Gasteiger partial charge in [-0.05, 0) is 42.3 Å². The molecule has 1 aliphatic rings. The molecule has 4 aromatic rings. The standard InChI is InChI=1S/C24H26N6O2/c1-16-4-3-5-18(14-16)25-24-28-21-22(29-24)26-20(15-17-6-8-19(31-2)9-7-17)27-23(21)30-10-12-32-13-11-30/h3-9,14H,10-13,15H2,1-2H3,(H2,25,26,27,28,29). The van der Waals surface area contributed by atoms with Gasteiger partial charge in [0, 0.05) is 25.2 Å². The minimum atomic E-state index is 0.616. The van der Waals surface area contributed by atoms with Gasteiger partial charge >= 0.3 is 0 Å². The van der Waals surface area contributed by atoms with Crippen LogP contribution in [0, 0.1) is 6.92 Å². The van der Waals surface area contributed by atoms with E-state index in [9.17, 15) is 0 Å². The predicted molar refractivity (Wildman–Crippen MR) is 125 cm³/mol. The van der Waals surface area contributed by atoms with Crippen molar-refractivity contribution in [2.24, 2.45) is 0 Å². The number of hydrogen-bond acceptors (Lipinski definition) is 7. The number of benzene rings is 2. The van der Waals surface area contributed by atoms with Crippen molar-refractivity contribution in [3.63, 3.8) is 0 Å². The lowest BCUT2D eigenvalue weighted by Crippen LogP contribution is -2.37. The number of imidazole rings is 1. The molecular weight excluding hydrogens is 404 g/mol. The third-order valence-corrected chi connectivity index (χ3v) is 5.49. The second-order valence-electron chi connectivity index (χ2n) is 7.87. The second kappa shape index (κ2) is 8.84. The maximum atomic E-state index is 5.54. The zero-order valence-electron chi connectivity index (χ0n) is 18.3. The lowest BCUT2D eigenvalue weighted by Gasteiger charge is -2.28. The number of aromatic nitrogens is 4. The Balaban J connectivity index is 1.51. The number of aromatic amines is 1. The van der Waals surface area contributed by atoms with E-state index < -0.39 is 0 Å². The molecule has 0 amide bonds. The van der Waals surface area contributed by atoms with Gasteiger partial charge in [0.25, 0.3) is 0 Å². The fourth-order valence-electron chi connectivity index (χ4n) is 3.85. The Morgan fingerprint density at radius 1 is 1.06 bits per heavy atom. The molecule has 8 heteroatoms. The van der Waals surface area contributed by atoms with Crippen LogP contribution >= 0.6 is 0 Å². The van der Waals surface area contributed by atoms with E-state index in [1.807, 2.05) is 36.4 Å². The van der Waals surface area contributed by atoms with Crippen LogP contribution in [0.25, 0.3) is 11.2 Å². The molecule has 8 nitrogen and oxygen atoms in total. The zero-order valence-corrected chi connectivity index (χ0v) is 18.3. The molecule has 0 bridgehead atoms. The molecule has 2 aromatic heterocycles. The molecule has 0 spiro atoms. The Bertz CT molecular complexity index is 1220. The highest BCUT2D eigenvalue weighted by Crippen LogP contribution is 2.27. The largest absolute Gasteiger partial charge is 0.497 e. The molecule has 2 aromatic carbocycles. The number of H-pyrrole nitrogens is 1. The summed E-state index contributed by atoms with van der Waals surface area (Å²) in [5, 5.41) is 3.35. The van der Waals surface area contributed by atoms with E-state index in [0.717, 1.165) is 47.2 Å². The molecule has 1 aliphatic heterocycles. The summed E-state index contributed by atoms with van der Waals surface area (Å²) in [4.78, 5) is 20.0. The molecule has 2 N–H and O–H groups in total. The molecule has 5 rings (SSSR count).